The Labute approximate surface area is 275 Å². The highest BCUT2D eigenvalue weighted by Crippen LogP contribution is 2.28. The van der Waals surface area contributed by atoms with Gasteiger partial charge >= 0.3 is 0 Å². The third kappa shape index (κ3) is 8.66. The Balaban J connectivity index is 1.83. The molecule has 0 spiro atoms. The fourth-order valence-corrected chi connectivity index (χ4v) is 6.86. The molecule has 7 nitrogen and oxygen atoms in total. The Bertz CT molecular complexity index is 1740. The van der Waals surface area contributed by atoms with E-state index in [4.69, 9.17) is 23.2 Å². The van der Waals surface area contributed by atoms with E-state index in [2.05, 4.69) is 5.32 Å². The summed E-state index contributed by atoms with van der Waals surface area (Å²) in [6, 6.07) is 25.4. The third-order valence-corrected chi connectivity index (χ3v) is 9.87. The molecule has 0 bridgehead atoms. The molecule has 0 aliphatic rings. The molecule has 4 rings (SSSR count). The predicted molar refractivity (Wildman–Crippen MR) is 181 cm³/mol. The summed E-state index contributed by atoms with van der Waals surface area (Å²) in [5, 5.41) is 3.52. The number of halogens is 2. The molecular weight excluding hydrogens is 629 g/mol. The summed E-state index contributed by atoms with van der Waals surface area (Å²) in [5.74, 6) is -0.905. The van der Waals surface area contributed by atoms with Gasteiger partial charge in [-0.05, 0) is 86.3 Å². The maximum atomic E-state index is 14.5. The monoisotopic (exact) mass is 665 g/mol. The smallest absolute Gasteiger partial charge is 0.264 e. The Morgan fingerprint density at radius 2 is 1.42 bits per heavy atom. The van der Waals surface area contributed by atoms with Crippen molar-refractivity contribution in [2.45, 2.75) is 51.6 Å². The molecule has 10 heteroatoms. The van der Waals surface area contributed by atoms with Crippen molar-refractivity contribution in [1.29, 1.82) is 0 Å². The van der Waals surface area contributed by atoms with Crippen LogP contribution in [0.4, 0.5) is 5.69 Å². The lowest BCUT2D eigenvalue weighted by molar-refractivity contribution is -0.140. The number of hydrogen-bond donors (Lipinski definition) is 1. The minimum Gasteiger partial charge on any atom is -0.355 e. The van der Waals surface area contributed by atoms with Crippen molar-refractivity contribution in [3.63, 3.8) is 0 Å². The van der Waals surface area contributed by atoms with E-state index in [1.807, 2.05) is 57.2 Å². The zero-order valence-corrected chi connectivity index (χ0v) is 28.1. The standard InChI is InChI=1S/C35H37Cl2N3O4S/c1-5-38-35(42)33(21-27-9-7-6-8-10-27)39(22-28-13-16-31(36)32(37)20-28)34(41)23-40(29-18-25(3)17-26(4)19-29)45(43,44)30-14-11-24(2)12-15-30/h6-20,33H,5,21-23H2,1-4H3,(H,38,42)/t33-/m0/s1. The number of carbonyl (C=O) groups excluding carboxylic acids is 2. The number of aryl methyl sites for hydroxylation is 3. The van der Waals surface area contributed by atoms with E-state index in [-0.39, 0.29) is 23.8 Å². The summed E-state index contributed by atoms with van der Waals surface area (Å²) in [5.41, 5.74) is 4.44. The molecule has 2 amide bonds. The van der Waals surface area contributed by atoms with Crippen LogP contribution in [-0.4, -0.2) is 44.3 Å². The molecule has 4 aromatic carbocycles. The van der Waals surface area contributed by atoms with Gasteiger partial charge in [-0.2, -0.15) is 0 Å². The lowest BCUT2D eigenvalue weighted by Crippen LogP contribution is -2.53. The van der Waals surface area contributed by atoms with Crippen LogP contribution < -0.4 is 9.62 Å². The molecule has 0 aliphatic heterocycles. The molecule has 0 saturated carbocycles. The number of rotatable bonds is 12. The maximum Gasteiger partial charge on any atom is 0.264 e. The van der Waals surface area contributed by atoms with Crippen LogP contribution in [-0.2, 0) is 32.6 Å². The Morgan fingerprint density at radius 3 is 2.02 bits per heavy atom. The lowest BCUT2D eigenvalue weighted by atomic mass is 10.0. The average molecular weight is 667 g/mol. The van der Waals surface area contributed by atoms with Gasteiger partial charge in [0.25, 0.3) is 10.0 Å². The van der Waals surface area contributed by atoms with Gasteiger partial charge in [0.2, 0.25) is 11.8 Å². The van der Waals surface area contributed by atoms with E-state index in [0.717, 1.165) is 26.6 Å². The van der Waals surface area contributed by atoms with Gasteiger partial charge in [-0.3, -0.25) is 13.9 Å². The number of carbonyl (C=O) groups is 2. The first kappa shape index (κ1) is 34.0. The molecule has 236 valence electrons. The van der Waals surface area contributed by atoms with Crippen LogP contribution in [0.5, 0.6) is 0 Å². The Kier molecular flexibility index (Phi) is 11.3. The summed E-state index contributed by atoms with van der Waals surface area (Å²) >= 11 is 12.5. The molecule has 0 aliphatic carbocycles. The van der Waals surface area contributed by atoms with Gasteiger partial charge in [0.15, 0.2) is 0 Å². The maximum absolute atomic E-state index is 14.5. The van der Waals surface area contributed by atoms with Crippen molar-refractivity contribution in [2.24, 2.45) is 0 Å². The fourth-order valence-electron chi connectivity index (χ4n) is 5.14. The van der Waals surface area contributed by atoms with Gasteiger partial charge in [-0.15, -0.1) is 0 Å². The fraction of sp³-hybridized carbons (Fsp3) is 0.257. The minimum atomic E-state index is -4.19. The molecule has 0 saturated heterocycles. The van der Waals surface area contributed by atoms with Gasteiger partial charge in [-0.25, -0.2) is 8.42 Å². The van der Waals surface area contributed by atoms with Gasteiger partial charge in [0, 0.05) is 19.5 Å². The van der Waals surface area contributed by atoms with Crippen LogP contribution >= 0.6 is 23.2 Å². The lowest BCUT2D eigenvalue weighted by Gasteiger charge is -2.34. The average Bonchev–Trinajstić information content (AvgIpc) is 2.99. The molecule has 0 aromatic heterocycles. The normalized spacial score (nSPS) is 12.0. The van der Waals surface area contributed by atoms with E-state index in [1.165, 1.54) is 17.0 Å². The van der Waals surface area contributed by atoms with Crippen molar-refractivity contribution < 1.29 is 18.0 Å². The topological polar surface area (TPSA) is 86.8 Å². The SMILES string of the molecule is CCNC(=O)[C@H](Cc1ccccc1)N(Cc1ccc(Cl)c(Cl)c1)C(=O)CN(c1cc(C)cc(C)c1)S(=O)(=O)c1ccc(C)cc1. The summed E-state index contributed by atoms with van der Waals surface area (Å²) in [6.07, 6.45) is 0.216. The highest BCUT2D eigenvalue weighted by molar-refractivity contribution is 7.92. The molecule has 0 radical (unpaired) electrons. The van der Waals surface area contributed by atoms with Crippen molar-refractivity contribution in [3.05, 3.63) is 129 Å². The summed E-state index contributed by atoms with van der Waals surface area (Å²) in [7, 11) is -4.19. The number of sulfonamides is 1. The van der Waals surface area contributed by atoms with E-state index in [0.29, 0.717) is 27.8 Å². The van der Waals surface area contributed by atoms with Crippen LogP contribution in [0.25, 0.3) is 0 Å². The van der Waals surface area contributed by atoms with Crippen molar-refractivity contribution in [2.75, 3.05) is 17.4 Å². The van der Waals surface area contributed by atoms with Crippen molar-refractivity contribution >= 4 is 50.7 Å². The zero-order valence-electron chi connectivity index (χ0n) is 25.8. The predicted octanol–water partition coefficient (Wildman–Crippen LogP) is 6.89. The Morgan fingerprint density at radius 1 is 0.778 bits per heavy atom. The number of benzene rings is 4. The van der Waals surface area contributed by atoms with Crippen LogP contribution in [0, 0.1) is 20.8 Å². The van der Waals surface area contributed by atoms with Gasteiger partial charge in [-0.1, -0.05) is 83.4 Å². The number of likely N-dealkylation sites (N-methyl/N-ethyl adjacent to an activating group) is 1. The summed E-state index contributed by atoms with van der Waals surface area (Å²) < 4.78 is 29.5. The van der Waals surface area contributed by atoms with E-state index in [1.54, 1.807) is 49.4 Å². The first-order chi connectivity index (χ1) is 21.4. The zero-order chi connectivity index (χ0) is 32.7. The van der Waals surface area contributed by atoms with E-state index in [9.17, 15) is 18.0 Å². The van der Waals surface area contributed by atoms with E-state index < -0.39 is 28.5 Å². The van der Waals surface area contributed by atoms with E-state index >= 15 is 0 Å². The highest BCUT2D eigenvalue weighted by Gasteiger charge is 2.34. The number of anilines is 1. The molecule has 45 heavy (non-hydrogen) atoms. The summed E-state index contributed by atoms with van der Waals surface area (Å²) in [6.45, 7) is 7.23. The van der Waals surface area contributed by atoms with Crippen molar-refractivity contribution in [3.8, 4) is 0 Å². The second-order valence-corrected chi connectivity index (χ2v) is 13.7. The van der Waals surface area contributed by atoms with Crippen LogP contribution in [0.3, 0.4) is 0 Å². The second kappa shape index (κ2) is 15.0. The molecule has 1 N–H and O–H groups in total. The first-order valence-corrected chi connectivity index (χ1v) is 16.8. The van der Waals surface area contributed by atoms with Gasteiger partial charge in [0.05, 0.1) is 20.6 Å². The van der Waals surface area contributed by atoms with Gasteiger partial charge in [0.1, 0.15) is 12.6 Å². The molecule has 4 aromatic rings. The number of hydrogen-bond acceptors (Lipinski definition) is 4. The molecule has 0 heterocycles. The number of nitrogens with one attached hydrogen (secondary N) is 1. The molecule has 0 fully saturated rings. The molecule has 1 atom stereocenters. The largest absolute Gasteiger partial charge is 0.355 e. The van der Waals surface area contributed by atoms with Crippen LogP contribution in [0.2, 0.25) is 10.0 Å². The first-order valence-electron chi connectivity index (χ1n) is 14.6. The number of nitrogens with zero attached hydrogens (tertiary/aromatic N) is 2. The third-order valence-electron chi connectivity index (χ3n) is 7.34. The molecule has 0 unspecified atom stereocenters. The quantitative estimate of drug-likeness (QED) is 0.179. The second-order valence-electron chi connectivity index (χ2n) is 11.0. The highest BCUT2D eigenvalue weighted by atomic mass is 35.5. The Hall–Kier alpha value is -3.85. The minimum absolute atomic E-state index is 0.00434. The van der Waals surface area contributed by atoms with Crippen LogP contribution in [0.15, 0.2) is 95.9 Å². The van der Waals surface area contributed by atoms with Crippen molar-refractivity contribution in [1.82, 2.24) is 10.2 Å². The summed E-state index contributed by atoms with van der Waals surface area (Å²) in [4.78, 5) is 29.6. The van der Waals surface area contributed by atoms with Gasteiger partial charge < -0.3 is 10.2 Å². The molecular formula is C35H37Cl2N3O4S. The van der Waals surface area contributed by atoms with Crippen LogP contribution in [0.1, 0.15) is 34.7 Å². The number of amides is 2.